The van der Waals surface area contributed by atoms with E-state index in [2.05, 4.69) is 84.6 Å². The molecule has 5 heteroatoms. The third kappa shape index (κ3) is 2.74. The van der Waals surface area contributed by atoms with Gasteiger partial charge in [0.15, 0.2) is 0 Å². The molecule has 0 N–H and O–H groups in total. The van der Waals surface area contributed by atoms with Crippen molar-refractivity contribution in [3.63, 3.8) is 0 Å². The van der Waals surface area contributed by atoms with Gasteiger partial charge in [0.2, 0.25) is 8.40 Å². The molecule has 2 nitrogen and oxygen atoms in total. The van der Waals surface area contributed by atoms with Gasteiger partial charge in [0.1, 0.15) is 16.5 Å². The Balaban J connectivity index is 2.55. The summed E-state index contributed by atoms with van der Waals surface area (Å²) in [4.78, 5) is 0. The van der Waals surface area contributed by atoms with E-state index in [-0.39, 0.29) is 0 Å². The van der Waals surface area contributed by atoms with Gasteiger partial charge in [0.25, 0.3) is 0 Å². The minimum atomic E-state index is -1.70. The normalized spacial score (nSPS) is 21.4. The van der Waals surface area contributed by atoms with Crippen molar-refractivity contribution >= 4 is 30.1 Å². The summed E-state index contributed by atoms with van der Waals surface area (Å²) in [6.45, 7) is 20.2. The lowest BCUT2D eigenvalue weighted by Gasteiger charge is -2.49. The lowest BCUT2D eigenvalue weighted by Crippen LogP contribution is -2.74. The molecule has 1 heterocycles. The van der Waals surface area contributed by atoms with Crippen molar-refractivity contribution in [2.24, 2.45) is 0 Å². The first-order chi connectivity index (χ1) is 9.08. The molecule has 0 saturated carbocycles. The summed E-state index contributed by atoms with van der Waals surface area (Å²) in [5, 5.41) is 1.60. The molecule has 112 valence electrons. The molecule has 0 unspecified atom stereocenters. The van der Waals surface area contributed by atoms with E-state index >= 15 is 0 Å². The van der Waals surface area contributed by atoms with Crippen LogP contribution in [0.15, 0.2) is 30.3 Å². The Hall–Kier alpha value is -0.209. The largest absolute Gasteiger partial charge is 0.329 e. The van der Waals surface area contributed by atoms with E-state index in [1.54, 1.807) is 5.19 Å². The molecule has 0 amide bonds. The van der Waals surface area contributed by atoms with Crippen molar-refractivity contribution in [3.05, 3.63) is 30.3 Å². The van der Waals surface area contributed by atoms with Crippen LogP contribution in [-0.2, 0) is 0 Å². The van der Waals surface area contributed by atoms with Crippen molar-refractivity contribution in [1.29, 1.82) is 0 Å². The van der Waals surface area contributed by atoms with E-state index in [0.29, 0.717) is 0 Å². The summed E-state index contributed by atoms with van der Waals surface area (Å²) in [5.74, 6) is 0. The maximum atomic E-state index is 2.95. The first kappa shape index (κ1) is 16.2. The summed E-state index contributed by atoms with van der Waals surface area (Å²) in [6, 6.07) is 11.3. The highest BCUT2D eigenvalue weighted by molar-refractivity contribution is 7.02. The molecule has 0 radical (unpaired) electrons. The highest BCUT2D eigenvalue weighted by atomic mass is 28.4. The van der Waals surface area contributed by atoms with Crippen LogP contribution >= 0.6 is 0 Å². The van der Waals surface area contributed by atoms with Crippen molar-refractivity contribution in [3.8, 4) is 0 Å². The fourth-order valence-electron chi connectivity index (χ4n) is 3.82. The number of benzene rings is 1. The van der Waals surface area contributed by atoms with Crippen LogP contribution in [0.3, 0.4) is 0 Å². The zero-order chi connectivity index (χ0) is 15.2. The Morgan fingerprint density at radius 2 is 1.20 bits per heavy atom. The monoisotopic (exact) mass is 322 g/mol. The lowest BCUT2D eigenvalue weighted by atomic mass is 10.4. The third-order valence-electron chi connectivity index (χ3n) is 4.54. The number of hydrogen-bond acceptors (Lipinski definition) is 2. The SMILES string of the molecule is C[Si](C)(C)N1CCN([Si](C)(C)C)[Si]1(C)c1ccccc1. The second kappa shape index (κ2) is 5.21. The van der Waals surface area contributed by atoms with E-state index in [4.69, 9.17) is 0 Å². The van der Waals surface area contributed by atoms with Gasteiger partial charge in [-0.2, -0.15) is 0 Å². The Morgan fingerprint density at radius 3 is 1.55 bits per heavy atom. The van der Waals surface area contributed by atoms with Crippen LogP contribution in [0.4, 0.5) is 0 Å². The first-order valence-electron chi connectivity index (χ1n) is 7.69. The molecular weight excluding hydrogens is 292 g/mol. The van der Waals surface area contributed by atoms with E-state index in [1.807, 2.05) is 0 Å². The minimum Gasteiger partial charge on any atom is -0.329 e. The molecule has 1 aromatic rings. The molecule has 0 atom stereocenters. The van der Waals surface area contributed by atoms with Crippen LogP contribution in [-0.4, -0.2) is 46.4 Å². The molecule has 2 rings (SSSR count). The summed E-state index contributed by atoms with van der Waals surface area (Å²) in [7, 11) is -4.28. The molecule has 0 aliphatic carbocycles. The summed E-state index contributed by atoms with van der Waals surface area (Å²) in [6.07, 6.45) is 0. The van der Waals surface area contributed by atoms with E-state index < -0.39 is 24.9 Å². The Labute approximate surface area is 128 Å². The minimum absolute atomic E-state index is 1.28. The Kier molecular flexibility index (Phi) is 4.21. The predicted molar refractivity (Wildman–Crippen MR) is 97.8 cm³/mol. The van der Waals surface area contributed by atoms with Crippen molar-refractivity contribution in [2.45, 2.75) is 45.8 Å². The smallest absolute Gasteiger partial charge is 0.223 e. The molecule has 1 saturated heterocycles. The van der Waals surface area contributed by atoms with Crippen LogP contribution in [0, 0.1) is 0 Å². The Bertz CT molecular complexity index is 440. The number of nitrogens with zero attached hydrogens (tertiary/aromatic N) is 2. The summed E-state index contributed by atoms with van der Waals surface area (Å²) >= 11 is 0. The predicted octanol–water partition coefficient (Wildman–Crippen LogP) is 3.25. The molecular formula is C15H30N2Si3. The molecule has 1 aromatic carbocycles. The zero-order valence-corrected chi connectivity index (χ0v) is 17.2. The van der Waals surface area contributed by atoms with Gasteiger partial charge in [0, 0.05) is 0 Å². The molecule has 0 aromatic heterocycles. The topological polar surface area (TPSA) is 6.48 Å². The Morgan fingerprint density at radius 1 is 0.800 bits per heavy atom. The maximum absolute atomic E-state index is 2.95. The van der Waals surface area contributed by atoms with Crippen LogP contribution < -0.4 is 5.19 Å². The highest BCUT2D eigenvalue weighted by Crippen LogP contribution is 2.32. The van der Waals surface area contributed by atoms with Crippen LogP contribution in [0.2, 0.25) is 45.8 Å². The fraction of sp³-hybridized carbons (Fsp3) is 0.600. The lowest BCUT2D eigenvalue weighted by molar-refractivity contribution is 0.654. The van der Waals surface area contributed by atoms with Gasteiger partial charge in [0.05, 0.1) is 0 Å². The van der Waals surface area contributed by atoms with Gasteiger partial charge < -0.3 is 8.46 Å². The molecule has 0 spiro atoms. The second-order valence-corrected chi connectivity index (χ2v) is 22.4. The molecule has 0 bridgehead atoms. The molecule has 20 heavy (non-hydrogen) atoms. The standard InChI is InChI=1S/C15H30N2Si3/c1-18(2,3)16-13-14-17(19(4,5)6)20(16,7)15-11-9-8-10-12-15/h8-12H,13-14H2,1-7H3. The third-order valence-corrected chi connectivity index (χ3v) is 18.8. The molecule has 1 aliphatic rings. The molecule has 1 aliphatic heterocycles. The van der Waals surface area contributed by atoms with Gasteiger partial charge in [-0.1, -0.05) is 69.6 Å². The van der Waals surface area contributed by atoms with Crippen molar-refractivity contribution in [1.82, 2.24) is 8.46 Å². The van der Waals surface area contributed by atoms with Crippen LogP contribution in [0.25, 0.3) is 0 Å². The van der Waals surface area contributed by atoms with Crippen LogP contribution in [0.1, 0.15) is 0 Å². The second-order valence-electron chi connectivity index (χ2n) is 8.03. The van der Waals surface area contributed by atoms with Crippen molar-refractivity contribution < 1.29 is 0 Å². The first-order valence-corrected chi connectivity index (χ1v) is 17.0. The average Bonchev–Trinajstić information content (AvgIpc) is 2.69. The van der Waals surface area contributed by atoms with E-state index in [9.17, 15) is 0 Å². The van der Waals surface area contributed by atoms with E-state index in [0.717, 1.165) is 0 Å². The summed E-state index contributed by atoms with van der Waals surface area (Å²) < 4.78 is 5.90. The van der Waals surface area contributed by atoms with Gasteiger partial charge in [-0.15, -0.1) is 0 Å². The highest BCUT2D eigenvalue weighted by Gasteiger charge is 2.54. The molecule has 1 fully saturated rings. The number of hydrogen-bond donors (Lipinski definition) is 0. The van der Waals surface area contributed by atoms with Crippen LogP contribution in [0.5, 0.6) is 0 Å². The quantitative estimate of drug-likeness (QED) is 0.788. The number of rotatable bonds is 3. The van der Waals surface area contributed by atoms with Gasteiger partial charge in [-0.05, 0) is 24.8 Å². The van der Waals surface area contributed by atoms with Gasteiger partial charge >= 0.3 is 0 Å². The van der Waals surface area contributed by atoms with Gasteiger partial charge in [-0.25, -0.2) is 0 Å². The average molecular weight is 323 g/mol. The maximum Gasteiger partial charge on any atom is 0.223 e. The van der Waals surface area contributed by atoms with Gasteiger partial charge in [-0.3, -0.25) is 0 Å². The van der Waals surface area contributed by atoms with E-state index in [1.165, 1.54) is 13.1 Å². The summed E-state index contributed by atoms with van der Waals surface area (Å²) in [5.41, 5.74) is 0. The fourth-order valence-corrected chi connectivity index (χ4v) is 20.4. The van der Waals surface area contributed by atoms with Crippen molar-refractivity contribution in [2.75, 3.05) is 13.1 Å². The zero-order valence-electron chi connectivity index (χ0n) is 14.2.